The van der Waals surface area contributed by atoms with Crippen LogP contribution < -0.4 is 4.57 Å². The standard InChI is InChI=1S/C21H24NO2/c1-17(23)16-18(2)24-15-9-7-11-19-10-4-5-12-20(19)21-13-6-8-14-22(21)3/h4-10,12-14,16H,11,15H2,1-3H3/q+1/b9-7+,18-16-. The molecule has 2 aromatic rings. The Morgan fingerprint density at radius 2 is 1.83 bits per heavy atom. The summed E-state index contributed by atoms with van der Waals surface area (Å²) in [5.41, 5.74) is 3.70. The van der Waals surface area contributed by atoms with Crippen molar-refractivity contribution in [2.75, 3.05) is 6.61 Å². The summed E-state index contributed by atoms with van der Waals surface area (Å²) in [4.78, 5) is 11.0. The lowest BCUT2D eigenvalue weighted by Crippen LogP contribution is -2.30. The topological polar surface area (TPSA) is 30.2 Å². The summed E-state index contributed by atoms with van der Waals surface area (Å²) in [6.07, 6.45) is 8.48. The molecule has 0 aliphatic rings. The molecule has 0 saturated heterocycles. The summed E-state index contributed by atoms with van der Waals surface area (Å²) in [6.45, 7) is 3.78. The molecule has 0 unspecified atom stereocenters. The monoisotopic (exact) mass is 322 g/mol. The smallest absolute Gasteiger partial charge is 0.212 e. The zero-order valence-electron chi connectivity index (χ0n) is 14.5. The average Bonchev–Trinajstić information content (AvgIpc) is 2.55. The van der Waals surface area contributed by atoms with Crippen LogP contribution in [0, 0.1) is 0 Å². The number of ketones is 1. The van der Waals surface area contributed by atoms with Gasteiger partial charge in [0.25, 0.3) is 0 Å². The highest BCUT2D eigenvalue weighted by molar-refractivity contribution is 5.87. The van der Waals surface area contributed by atoms with E-state index in [2.05, 4.69) is 60.3 Å². The SMILES string of the molecule is CC(=O)/C=C(/C)OC/C=C/Cc1ccccc1-c1cccc[n+]1C. The zero-order chi connectivity index (χ0) is 17.4. The first-order valence-electron chi connectivity index (χ1n) is 8.07. The second-order valence-electron chi connectivity index (χ2n) is 5.71. The molecule has 2 rings (SSSR count). The Labute approximate surface area is 143 Å². The maximum absolute atomic E-state index is 11.0. The van der Waals surface area contributed by atoms with Crippen LogP contribution in [0.25, 0.3) is 11.3 Å². The van der Waals surface area contributed by atoms with Gasteiger partial charge in [0.1, 0.15) is 13.7 Å². The third-order valence-corrected chi connectivity index (χ3v) is 3.67. The van der Waals surface area contributed by atoms with Crippen molar-refractivity contribution in [1.29, 1.82) is 0 Å². The number of allylic oxidation sites excluding steroid dienone is 3. The molecule has 0 N–H and O–H groups in total. The van der Waals surface area contributed by atoms with E-state index in [-0.39, 0.29) is 5.78 Å². The van der Waals surface area contributed by atoms with E-state index in [0.717, 1.165) is 6.42 Å². The molecule has 1 heterocycles. The van der Waals surface area contributed by atoms with Gasteiger partial charge in [-0.25, -0.2) is 4.57 Å². The van der Waals surface area contributed by atoms with Gasteiger partial charge in [0, 0.05) is 23.8 Å². The summed E-state index contributed by atoms with van der Waals surface area (Å²) in [7, 11) is 2.06. The molecule has 124 valence electrons. The van der Waals surface area contributed by atoms with E-state index in [9.17, 15) is 4.79 Å². The minimum absolute atomic E-state index is 0.00105. The highest BCUT2D eigenvalue weighted by atomic mass is 16.5. The number of carbonyl (C=O) groups excluding carboxylic acids is 1. The Bertz CT molecular complexity index is 760. The molecule has 0 fully saturated rings. The van der Waals surface area contributed by atoms with Crippen molar-refractivity contribution < 1.29 is 14.1 Å². The number of hydrogen-bond donors (Lipinski definition) is 0. The van der Waals surface area contributed by atoms with Gasteiger partial charge < -0.3 is 4.74 Å². The van der Waals surface area contributed by atoms with Gasteiger partial charge in [-0.1, -0.05) is 30.4 Å². The molecule has 1 aromatic carbocycles. The normalized spacial score (nSPS) is 11.7. The molecule has 0 aliphatic heterocycles. The number of carbonyl (C=O) groups is 1. The van der Waals surface area contributed by atoms with Crippen LogP contribution in [-0.2, 0) is 23.0 Å². The van der Waals surface area contributed by atoms with Crippen LogP contribution in [-0.4, -0.2) is 12.4 Å². The molecule has 24 heavy (non-hydrogen) atoms. The number of rotatable bonds is 7. The summed E-state index contributed by atoms with van der Waals surface area (Å²) >= 11 is 0. The first kappa shape index (κ1) is 17.7. The van der Waals surface area contributed by atoms with Crippen molar-refractivity contribution in [3.05, 3.63) is 78.2 Å². The van der Waals surface area contributed by atoms with Crippen LogP contribution in [0.2, 0.25) is 0 Å². The van der Waals surface area contributed by atoms with E-state index >= 15 is 0 Å². The summed E-state index contributed by atoms with van der Waals surface area (Å²) in [5.74, 6) is 0.644. The lowest BCUT2D eigenvalue weighted by Gasteiger charge is -2.06. The van der Waals surface area contributed by atoms with Gasteiger partial charge in [-0.3, -0.25) is 4.79 Å². The van der Waals surface area contributed by atoms with Crippen molar-refractivity contribution in [3.63, 3.8) is 0 Å². The fraction of sp³-hybridized carbons (Fsp3) is 0.238. The maximum atomic E-state index is 11.0. The highest BCUT2D eigenvalue weighted by Crippen LogP contribution is 2.21. The number of aromatic nitrogens is 1. The van der Waals surface area contributed by atoms with E-state index in [1.807, 2.05) is 12.1 Å². The van der Waals surface area contributed by atoms with Gasteiger partial charge in [0.05, 0.1) is 5.76 Å². The first-order chi connectivity index (χ1) is 11.6. The molecular weight excluding hydrogens is 298 g/mol. The molecule has 0 radical (unpaired) electrons. The van der Waals surface area contributed by atoms with Crippen molar-refractivity contribution in [2.24, 2.45) is 7.05 Å². The Kier molecular flexibility index (Phi) is 6.50. The van der Waals surface area contributed by atoms with Gasteiger partial charge in [-0.2, -0.15) is 0 Å². The lowest BCUT2D eigenvalue weighted by atomic mass is 10.0. The van der Waals surface area contributed by atoms with Crippen LogP contribution in [0.15, 0.2) is 72.6 Å². The third kappa shape index (κ3) is 5.20. The number of hydrogen-bond acceptors (Lipinski definition) is 2. The lowest BCUT2D eigenvalue weighted by molar-refractivity contribution is -0.660. The van der Waals surface area contributed by atoms with Crippen molar-refractivity contribution in [2.45, 2.75) is 20.3 Å². The van der Waals surface area contributed by atoms with Gasteiger partial charge in [0.2, 0.25) is 5.69 Å². The Balaban J connectivity index is 2.03. The molecule has 1 aromatic heterocycles. The number of nitrogens with zero attached hydrogens (tertiary/aromatic N) is 1. The number of ether oxygens (including phenoxy) is 1. The van der Waals surface area contributed by atoms with Crippen molar-refractivity contribution >= 4 is 5.78 Å². The van der Waals surface area contributed by atoms with E-state index in [0.29, 0.717) is 12.4 Å². The van der Waals surface area contributed by atoms with E-state index in [1.54, 1.807) is 6.92 Å². The van der Waals surface area contributed by atoms with Gasteiger partial charge in [0.15, 0.2) is 12.0 Å². The van der Waals surface area contributed by atoms with E-state index in [4.69, 9.17) is 4.74 Å². The largest absolute Gasteiger partial charge is 0.494 e. The molecular formula is C21H24NO2+. The molecule has 0 bridgehead atoms. The fourth-order valence-electron chi connectivity index (χ4n) is 2.54. The van der Waals surface area contributed by atoms with E-state index < -0.39 is 0 Å². The van der Waals surface area contributed by atoms with Crippen molar-refractivity contribution in [1.82, 2.24) is 0 Å². The number of aryl methyl sites for hydroxylation is 1. The Morgan fingerprint density at radius 1 is 1.08 bits per heavy atom. The van der Waals surface area contributed by atoms with Crippen LogP contribution in [0.5, 0.6) is 0 Å². The Hall–Kier alpha value is -2.68. The summed E-state index contributed by atoms with van der Waals surface area (Å²) < 4.78 is 7.60. The minimum Gasteiger partial charge on any atom is -0.494 e. The summed E-state index contributed by atoms with van der Waals surface area (Å²) in [5, 5.41) is 0. The molecule has 0 saturated carbocycles. The van der Waals surface area contributed by atoms with Crippen LogP contribution >= 0.6 is 0 Å². The molecule has 0 spiro atoms. The summed E-state index contributed by atoms with van der Waals surface area (Å²) in [6, 6.07) is 14.6. The second-order valence-corrected chi connectivity index (χ2v) is 5.71. The first-order valence-corrected chi connectivity index (χ1v) is 8.07. The zero-order valence-corrected chi connectivity index (χ0v) is 14.5. The van der Waals surface area contributed by atoms with Gasteiger partial charge in [-0.05, 0) is 38.0 Å². The molecule has 3 heteroatoms. The highest BCUT2D eigenvalue weighted by Gasteiger charge is 2.11. The molecule has 0 amide bonds. The van der Waals surface area contributed by atoms with Crippen LogP contribution in [0.4, 0.5) is 0 Å². The second kappa shape index (κ2) is 8.82. The quantitative estimate of drug-likeness (QED) is 0.336. The average molecular weight is 322 g/mol. The van der Waals surface area contributed by atoms with Gasteiger partial charge >= 0.3 is 0 Å². The Morgan fingerprint density at radius 3 is 2.58 bits per heavy atom. The predicted octanol–water partition coefficient (Wildman–Crippen LogP) is 3.79. The molecule has 0 atom stereocenters. The molecule has 0 aliphatic carbocycles. The van der Waals surface area contributed by atoms with Crippen molar-refractivity contribution in [3.8, 4) is 11.3 Å². The maximum Gasteiger partial charge on any atom is 0.212 e. The third-order valence-electron chi connectivity index (χ3n) is 3.67. The molecule has 3 nitrogen and oxygen atoms in total. The minimum atomic E-state index is 0.00105. The number of benzene rings is 1. The van der Waals surface area contributed by atoms with E-state index in [1.165, 1.54) is 29.8 Å². The number of pyridine rings is 1. The van der Waals surface area contributed by atoms with Crippen LogP contribution in [0.3, 0.4) is 0 Å². The van der Waals surface area contributed by atoms with Crippen LogP contribution in [0.1, 0.15) is 19.4 Å². The predicted molar refractivity (Wildman–Crippen MR) is 96.3 cm³/mol. The van der Waals surface area contributed by atoms with Gasteiger partial charge in [-0.15, -0.1) is 0 Å². The fourth-order valence-corrected chi connectivity index (χ4v) is 2.54.